The molecule has 0 saturated heterocycles. The monoisotopic (exact) mass is 373 g/mol. The van der Waals surface area contributed by atoms with Crippen molar-refractivity contribution in [1.82, 2.24) is 14.5 Å². The van der Waals surface area contributed by atoms with Crippen molar-refractivity contribution in [2.75, 3.05) is 0 Å². The highest BCUT2D eigenvalue weighted by atomic mass is 16.5. The van der Waals surface area contributed by atoms with E-state index in [1.165, 1.54) is 18.9 Å². The lowest BCUT2D eigenvalue weighted by molar-refractivity contribution is 0.295. The standard InChI is InChI=1S/C23H23N3O2/c1-16-13-21(28-15-22-24-11-12-25-22)14-23(27)26(16)17(2)20-9-7-19(8-10-20)6-5-18-3-4-18/h7-14,17-18H,3-4,15H2,1-2H3,(H,24,25)/t17-/m1/s1. The number of ether oxygens (including phenoxy) is 1. The van der Waals surface area contributed by atoms with Gasteiger partial charge in [-0.3, -0.25) is 4.79 Å². The zero-order valence-electron chi connectivity index (χ0n) is 16.1. The molecule has 1 N–H and O–H groups in total. The fraction of sp³-hybridized carbons (Fsp3) is 0.304. The van der Waals surface area contributed by atoms with Crippen LogP contribution in [0.5, 0.6) is 5.75 Å². The number of H-pyrrole nitrogens is 1. The molecule has 0 radical (unpaired) electrons. The fourth-order valence-electron chi connectivity index (χ4n) is 3.20. The van der Waals surface area contributed by atoms with Crippen LogP contribution in [-0.4, -0.2) is 14.5 Å². The molecule has 0 spiro atoms. The van der Waals surface area contributed by atoms with Crippen molar-refractivity contribution >= 4 is 0 Å². The van der Waals surface area contributed by atoms with Gasteiger partial charge in [-0.05, 0) is 50.5 Å². The largest absolute Gasteiger partial charge is 0.485 e. The Labute approximate surface area is 164 Å². The van der Waals surface area contributed by atoms with Crippen molar-refractivity contribution in [3.8, 4) is 17.6 Å². The average Bonchev–Trinajstić information content (AvgIpc) is 3.37. The minimum atomic E-state index is -0.0838. The number of nitrogens with one attached hydrogen (secondary N) is 1. The van der Waals surface area contributed by atoms with Gasteiger partial charge in [0.1, 0.15) is 18.2 Å². The molecule has 0 amide bonds. The van der Waals surface area contributed by atoms with Crippen molar-refractivity contribution in [2.24, 2.45) is 5.92 Å². The van der Waals surface area contributed by atoms with Crippen LogP contribution in [0.25, 0.3) is 0 Å². The number of aromatic amines is 1. The molecule has 1 atom stereocenters. The van der Waals surface area contributed by atoms with E-state index in [0.717, 1.165) is 22.6 Å². The van der Waals surface area contributed by atoms with Crippen molar-refractivity contribution in [2.45, 2.75) is 39.3 Å². The first-order valence-corrected chi connectivity index (χ1v) is 9.56. The molecule has 5 heteroatoms. The molecule has 1 aliphatic carbocycles. The lowest BCUT2D eigenvalue weighted by Crippen LogP contribution is -2.25. The minimum Gasteiger partial charge on any atom is -0.485 e. The Morgan fingerprint density at radius 1 is 1.29 bits per heavy atom. The summed E-state index contributed by atoms with van der Waals surface area (Å²) >= 11 is 0. The van der Waals surface area contributed by atoms with Crippen molar-refractivity contribution in [1.29, 1.82) is 0 Å². The average molecular weight is 373 g/mol. The molecule has 5 nitrogen and oxygen atoms in total. The second kappa shape index (κ2) is 7.77. The quantitative estimate of drug-likeness (QED) is 0.692. The fourth-order valence-corrected chi connectivity index (χ4v) is 3.20. The third-order valence-electron chi connectivity index (χ3n) is 4.94. The van der Waals surface area contributed by atoms with Gasteiger partial charge in [0.05, 0.1) is 6.04 Å². The zero-order chi connectivity index (χ0) is 19.5. The van der Waals surface area contributed by atoms with Crippen molar-refractivity contribution in [3.05, 3.63) is 81.8 Å². The first kappa shape index (κ1) is 18.1. The smallest absolute Gasteiger partial charge is 0.254 e. The third-order valence-corrected chi connectivity index (χ3v) is 4.94. The second-order valence-electron chi connectivity index (χ2n) is 7.21. The molecule has 1 fully saturated rings. The first-order valence-electron chi connectivity index (χ1n) is 9.56. The van der Waals surface area contributed by atoms with Gasteiger partial charge >= 0.3 is 0 Å². The summed E-state index contributed by atoms with van der Waals surface area (Å²) in [6.45, 7) is 4.25. The summed E-state index contributed by atoms with van der Waals surface area (Å²) in [5.41, 5.74) is 2.87. The molecule has 2 heterocycles. The SMILES string of the molecule is Cc1cc(OCc2ncc[nH]2)cc(=O)n1[C@H](C)c1ccc(C#CC2CC2)cc1. The number of imidazole rings is 1. The molecule has 4 rings (SSSR count). The van der Waals surface area contributed by atoms with Gasteiger partial charge in [-0.15, -0.1) is 0 Å². The molecule has 1 saturated carbocycles. The van der Waals surface area contributed by atoms with Crippen LogP contribution in [0.15, 0.2) is 53.6 Å². The van der Waals surface area contributed by atoms with Crippen LogP contribution in [0.4, 0.5) is 0 Å². The van der Waals surface area contributed by atoms with Crippen LogP contribution in [0.1, 0.15) is 48.5 Å². The lowest BCUT2D eigenvalue weighted by Gasteiger charge is -2.19. The summed E-state index contributed by atoms with van der Waals surface area (Å²) in [5, 5.41) is 0. The minimum absolute atomic E-state index is 0.0722. The Kier molecular flexibility index (Phi) is 5.03. The maximum absolute atomic E-state index is 12.7. The predicted molar refractivity (Wildman–Crippen MR) is 108 cm³/mol. The molecule has 1 aromatic carbocycles. The van der Waals surface area contributed by atoms with Gasteiger partial charge in [-0.25, -0.2) is 4.98 Å². The highest BCUT2D eigenvalue weighted by Crippen LogP contribution is 2.27. The Balaban J connectivity index is 1.51. The van der Waals surface area contributed by atoms with E-state index < -0.39 is 0 Å². The normalized spacial score (nSPS) is 14.2. The Hall–Kier alpha value is -3.26. The summed E-state index contributed by atoms with van der Waals surface area (Å²) in [7, 11) is 0. The van der Waals surface area contributed by atoms with E-state index in [-0.39, 0.29) is 11.6 Å². The van der Waals surface area contributed by atoms with Gasteiger partial charge in [-0.1, -0.05) is 24.0 Å². The third kappa shape index (κ3) is 4.17. The number of nitrogens with zero attached hydrogens (tertiary/aromatic N) is 2. The summed E-state index contributed by atoms with van der Waals surface area (Å²) in [4.78, 5) is 19.8. The van der Waals surface area contributed by atoms with Gasteiger partial charge in [0.15, 0.2) is 0 Å². The van der Waals surface area contributed by atoms with E-state index in [1.807, 2.05) is 32.0 Å². The first-order chi connectivity index (χ1) is 13.6. The molecule has 0 unspecified atom stereocenters. The van der Waals surface area contributed by atoms with Crippen LogP contribution in [0.3, 0.4) is 0 Å². The van der Waals surface area contributed by atoms with E-state index in [0.29, 0.717) is 18.3 Å². The molecule has 1 aliphatic rings. The number of aromatic nitrogens is 3. The Morgan fingerprint density at radius 2 is 2.07 bits per heavy atom. The molecule has 142 valence electrons. The number of hydrogen-bond donors (Lipinski definition) is 1. The van der Waals surface area contributed by atoms with Crippen LogP contribution < -0.4 is 10.3 Å². The number of pyridine rings is 1. The van der Waals surface area contributed by atoms with E-state index >= 15 is 0 Å². The maximum Gasteiger partial charge on any atom is 0.254 e. The van der Waals surface area contributed by atoms with Gasteiger partial charge in [0.2, 0.25) is 0 Å². The van der Waals surface area contributed by atoms with Gasteiger partial charge < -0.3 is 14.3 Å². The van der Waals surface area contributed by atoms with E-state index in [9.17, 15) is 4.79 Å². The van der Waals surface area contributed by atoms with E-state index in [1.54, 1.807) is 17.0 Å². The Bertz CT molecular complexity index is 1070. The molecular formula is C23H23N3O2. The molecule has 3 aromatic rings. The topological polar surface area (TPSA) is 59.9 Å². The highest BCUT2D eigenvalue weighted by Gasteiger charge is 2.18. The lowest BCUT2D eigenvalue weighted by atomic mass is 10.1. The molecular weight excluding hydrogens is 350 g/mol. The van der Waals surface area contributed by atoms with Crippen LogP contribution in [-0.2, 0) is 6.61 Å². The molecule has 28 heavy (non-hydrogen) atoms. The summed E-state index contributed by atoms with van der Waals surface area (Å²) in [5.74, 6) is 8.36. The van der Waals surface area contributed by atoms with Crippen LogP contribution >= 0.6 is 0 Å². The molecule has 0 aliphatic heterocycles. The summed E-state index contributed by atoms with van der Waals surface area (Å²) < 4.78 is 7.48. The van der Waals surface area contributed by atoms with E-state index in [4.69, 9.17) is 4.74 Å². The number of aryl methyl sites for hydroxylation is 1. The van der Waals surface area contributed by atoms with Gasteiger partial charge in [0.25, 0.3) is 5.56 Å². The Morgan fingerprint density at radius 3 is 2.71 bits per heavy atom. The second-order valence-corrected chi connectivity index (χ2v) is 7.21. The van der Waals surface area contributed by atoms with Gasteiger partial charge in [-0.2, -0.15) is 0 Å². The highest BCUT2D eigenvalue weighted by molar-refractivity contribution is 5.38. The van der Waals surface area contributed by atoms with Crippen molar-refractivity contribution < 1.29 is 4.74 Å². The zero-order valence-corrected chi connectivity index (χ0v) is 16.1. The number of rotatable bonds is 5. The number of benzene rings is 1. The van der Waals surface area contributed by atoms with Crippen LogP contribution in [0.2, 0.25) is 0 Å². The number of hydrogen-bond acceptors (Lipinski definition) is 3. The predicted octanol–water partition coefficient (Wildman–Crippen LogP) is 3.83. The van der Waals surface area contributed by atoms with Gasteiger partial charge in [0, 0.05) is 35.6 Å². The summed E-state index contributed by atoms with van der Waals surface area (Å²) in [6.07, 6.45) is 5.87. The van der Waals surface area contributed by atoms with E-state index in [2.05, 4.69) is 33.9 Å². The molecule has 2 aromatic heterocycles. The molecule has 0 bridgehead atoms. The van der Waals surface area contributed by atoms with Crippen molar-refractivity contribution in [3.63, 3.8) is 0 Å². The van der Waals surface area contributed by atoms with Crippen LogP contribution in [0, 0.1) is 24.7 Å². The summed E-state index contributed by atoms with van der Waals surface area (Å²) in [6, 6.07) is 11.5. The maximum atomic E-state index is 12.7.